The Hall–Kier alpha value is 0.100. The van der Waals surface area contributed by atoms with Crippen LogP contribution in [0.1, 0.15) is 29.0 Å². The van der Waals surface area contributed by atoms with Gasteiger partial charge in [-0.15, -0.1) is 11.3 Å². The van der Waals surface area contributed by atoms with Crippen LogP contribution in [0.3, 0.4) is 0 Å². The third-order valence-electron chi connectivity index (χ3n) is 3.34. The summed E-state index contributed by atoms with van der Waals surface area (Å²) in [4.78, 5) is 2.70. The van der Waals surface area contributed by atoms with Crippen LogP contribution < -0.4 is 5.32 Å². The summed E-state index contributed by atoms with van der Waals surface area (Å²) in [5, 5.41) is 12.8. The van der Waals surface area contributed by atoms with Gasteiger partial charge in [0.25, 0.3) is 0 Å². The fraction of sp³-hybridized carbons (Fsp3) is 0.667. The van der Waals surface area contributed by atoms with Crippen molar-refractivity contribution >= 4 is 27.3 Å². The van der Waals surface area contributed by atoms with Crippen LogP contribution in [0.25, 0.3) is 0 Å². The van der Waals surface area contributed by atoms with Crippen LogP contribution in [-0.2, 0) is 6.54 Å². The molecule has 90 valence electrons. The molecule has 0 saturated heterocycles. The number of aliphatic hydroxyl groups is 1. The van der Waals surface area contributed by atoms with Gasteiger partial charge in [0.2, 0.25) is 0 Å². The molecule has 0 spiro atoms. The first-order chi connectivity index (χ1) is 7.70. The number of thiophene rings is 1. The smallest absolute Gasteiger partial charge is 0.0474 e. The predicted molar refractivity (Wildman–Crippen MR) is 71.8 cm³/mol. The average Bonchev–Trinajstić information content (AvgIpc) is 2.83. The van der Waals surface area contributed by atoms with Crippen molar-refractivity contribution in [3.05, 3.63) is 20.3 Å². The molecule has 4 heteroatoms. The van der Waals surface area contributed by atoms with Crippen LogP contribution in [0.5, 0.6) is 0 Å². The Morgan fingerprint density at radius 1 is 1.56 bits per heavy atom. The molecule has 16 heavy (non-hydrogen) atoms. The molecule has 1 aromatic heterocycles. The molecule has 2 N–H and O–H groups in total. The zero-order chi connectivity index (χ0) is 11.5. The number of hydrogen-bond donors (Lipinski definition) is 2. The fourth-order valence-electron chi connectivity index (χ4n) is 2.36. The second-order valence-corrected chi connectivity index (χ2v) is 6.67. The molecular formula is C12H18BrNOS. The summed E-state index contributed by atoms with van der Waals surface area (Å²) < 4.78 is 1.21. The highest BCUT2D eigenvalue weighted by molar-refractivity contribution is 9.10. The molecule has 1 saturated carbocycles. The van der Waals surface area contributed by atoms with Gasteiger partial charge in [0.05, 0.1) is 0 Å². The van der Waals surface area contributed by atoms with Crippen molar-refractivity contribution in [2.24, 2.45) is 5.92 Å². The third kappa shape index (κ3) is 2.86. The maximum Gasteiger partial charge on any atom is 0.0474 e. The first-order valence-corrected chi connectivity index (χ1v) is 7.40. The number of halogens is 1. The molecule has 1 heterocycles. The minimum Gasteiger partial charge on any atom is -0.396 e. The molecule has 0 aromatic carbocycles. The molecule has 1 aliphatic rings. The van der Waals surface area contributed by atoms with Gasteiger partial charge in [-0.1, -0.05) is 6.42 Å². The van der Waals surface area contributed by atoms with E-state index in [1.165, 1.54) is 33.5 Å². The van der Waals surface area contributed by atoms with E-state index < -0.39 is 0 Å². The normalized spacial score (nSPS) is 25.2. The van der Waals surface area contributed by atoms with Crippen LogP contribution in [0.2, 0.25) is 0 Å². The minimum absolute atomic E-state index is 0.324. The van der Waals surface area contributed by atoms with Crippen molar-refractivity contribution in [2.75, 3.05) is 6.61 Å². The quantitative estimate of drug-likeness (QED) is 0.896. The van der Waals surface area contributed by atoms with E-state index >= 15 is 0 Å². The second-order valence-electron chi connectivity index (χ2n) is 4.48. The van der Waals surface area contributed by atoms with Gasteiger partial charge in [0.15, 0.2) is 0 Å². The number of nitrogens with one attached hydrogen (secondary N) is 1. The van der Waals surface area contributed by atoms with E-state index in [9.17, 15) is 5.11 Å². The Morgan fingerprint density at radius 3 is 3.00 bits per heavy atom. The molecule has 0 radical (unpaired) electrons. The zero-order valence-electron chi connectivity index (χ0n) is 9.50. The van der Waals surface area contributed by atoms with Crippen LogP contribution >= 0.6 is 27.3 Å². The molecule has 2 rings (SSSR count). The molecule has 2 atom stereocenters. The van der Waals surface area contributed by atoms with E-state index in [-0.39, 0.29) is 0 Å². The number of rotatable bonds is 4. The van der Waals surface area contributed by atoms with Crippen molar-refractivity contribution < 1.29 is 5.11 Å². The Labute approximate surface area is 109 Å². The first kappa shape index (κ1) is 12.6. The monoisotopic (exact) mass is 303 g/mol. The van der Waals surface area contributed by atoms with E-state index in [0.29, 0.717) is 18.6 Å². The molecule has 2 nitrogen and oxygen atoms in total. The van der Waals surface area contributed by atoms with Crippen LogP contribution in [0.4, 0.5) is 0 Å². The third-order valence-corrected chi connectivity index (χ3v) is 5.48. The van der Waals surface area contributed by atoms with Crippen LogP contribution in [0, 0.1) is 12.8 Å². The average molecular weight is 304 g/mol. The van der Waals surface area contributed by atoms with Gasteiger partial charge >= 0.3 is 0 Å². The lowest BCUT2D eigenvalue weighted by Crippen LogP contribution is -2.33. The summed E-state index contributed by atoms with van der Waals surface area (Å²) in [7, 11) is 0. The van der Waals surface area contributed by atoms with Gasteiger partial charge in [0, 0.05) is 33.4 Å². The van der Waals surface area contributed by atoms with E-state index in [1.807, 2.05) is 11.3 Å². The molecule has 0 bridgehead atoms. The Bertz CT molecular complexity index is 333. The summed E-state index contributed by atoms with van der Waals surface area (Å²) in [6, 6.07) is 2.70. The van der Waals surface area contributed by atoms with Gasteiger partial charge in [-0.25, -0.2) is 0 Å². The van der Waals surface area contributed by atoms with Gasteiger partial charge in [-0.3, -0.25) is 0 Å². The summed E-state index contributed by atoms with van der Waals surface area (Å²) in [6.45, 7) is 3.38. The summed E-state index contributed by atoms with van der Waals surface area (Å²) in [5.41, 5.74) is 0. The highest BCUT2D eigenvalue weighted by Crippen LogP contribution is 2.28. The topological polar surface area (TPSA) is 32.3 Å². The van der Waals surface area contributed by atoms with Crippen molar-refractivity contribution in [3.8, 4) is 0 Å². The van der Waals surface area contributed by atoms with Gasteiger partial charge < -0.3 is 10.4 Å². The highest BCUT2D eigenvalue weighted by Gasteiger charge is 2.25. The highest BCUT2D eigenvalue weighted by atomic mass is 79.9. The molecule has 0 aliphatic heterocycles. The minimum atomic E-state index is 0.324. The number of hydrogen-bond acceptors (Lipinski definition) is 3. The first-order valence-electron chi connectivity index (χ1n) is 5.79. The lowest BCUT2D eigenvalue weighted by Gasteiger charge is -2.18. The Kier molecular flexibility index (Phi) is 4.41. The van der Waals surface area contributed by atoms with Crippen molar-refractivity contribution in [3.63, 3.8) is 0 Å². The van der Waals surface area contributed by atoms with Gasteiger partial charge in [-0.05, 0) is 47.7 Å². The molecule has 2 unspecified atom stereocenters. The standard InChI is InChI=1S/C12H18BrNOS/c1-8-11(13)5-10(16-8)6-14-12-4-2-3-9(12)7-15/h5,9,12,14-15H,2-4,6-7H2,1H3. The fourth-order valence-corrected chi connectivity index (χ4v) is 3.91. The lowest BCUT2D eigenvalue weighted by atomic mass is 10.1. The number of aryl methyl sites for hydroxylation is 1. The van der Waals surface area contributed by atoms with E-state index in [0.717, 1.165) is 6.54 Å². The van der Waals surface area contributed by atoms with E-state index in [1.54, 1.807) is 0 Å². The van der Waals surface area contributed by atoms with Gasteiger partial charge in [-0.2, -0.15) is 0 Å². The molecule has 1 aromatic rings. The second kappa shape index (κ2) is 5.63. The van der Waals surface area contributed by atoms with Crippen molar-refractivity contribution in [1.29, 1.82) is 0 Å². The number of aliphatic hydroxyl groups excluding tert-OH is 1. The lowest BCUT2D eigenvalue weighted by molar-refractivity contribution is 0.205. The Morgan fingerprint density at radius 2 is 2.38 bits per heavy atom. The van der Waals surface area contributed by atoms with E-state index in [2.05, 4.69) is 34.2 Å². The van der Waals surface area contributed by atoms with Gasteiger partial charge in [0.1, 0.15) is 0 Å². The van der Waals surface area contributed by atoms with Crippen molar-refractivity contribution in [2.45, 2.75) is 38.8 Å². The summed E-state index contributed by atoms with van der Waals surface area (Å²) in [5.74, 6) is 0.462. The molecule has 0 amide bonds. The predicted octanol–water partition coefficient (Wildman–Crippen LogP) is 3.07. The summed E-state index contributed by atoms with van der Waals surface area (Å²) >= 11 is 5.37. The van der Waals surface area contributed by atoms with E-state index in [4.69, 9.17) is 0 Å². The molecule has 1 fully saturated rings. The maximum absolute atomic E-state index is 9.24. The Balaban J connectivity index is 1.87. The SMILES string of the molecule is Cc1sc(CNC2CCCC2CO)cc1Br. The van der Waals surface area contributed by atoms with Crippen LogP contribution in [-0.4, -0.2) is 17.8 Å². The van der Waals surface area contributed by atoms with Crippen LogP contribution in [0.15, 0.2) is 10.5 Å². The maximum atomic E-state index is 9.24. The summed E-state index contributed by atoms with van der Waals surface area (Å²) in [6.07, 6.45) is 3.62. The molecular weight excluding hydrogens is 286 g/mol. The van der Waals surface area contributed by atoms with Crippen molar-refractivity contribution in [1.82, 2.24) is 5.32 Å². The molecule has 1 aliphatic carbocycles. The largest absolute Gasteiger partial charge is 0.396 e. The zero-order valence-corrected chi connectivity index (χ0v) is 11.9.